The Morgan fingerprint density at radius 3 is 2.73 bits per heavy atom. The number of hydrogen-bond donors (Lipinski definition) is 3. The quantitative estimate of drug-likeness (QED) is 0.464. The monoisotopic (exact) mass is 411 g/mol. The highest BCUT2D eigenvalue weighted by molar-refractivity contribution is 5.88. The number of benzene rings is 1. The number of likely N-dealkylation sites (tertiary alicyclic amines) is 1. The van der Waals surface area contributed by atoms with Gasteiger partial charge in [0.1, 0.15) is 17.1 Å². The van der Waals surface area contributed by atoms with Crippen molar-refractivity contribution in [2.24, 2.45) is 0 Å². The van der Waals surface area contributed by atoms with Gasteiger partial charge in [0.15, 0.2) is 5.82 Å². The summed E-state index contributed by atoms with van der Waals surface area (Å²) in [5, 5.41) is 11.0. The van der Waals surface area contributed by atoms with Crippen molar-refractivity contribution in [3.8, 4) is 6.01 Å². The third kappa shape index (κ3) is 4.26. The van der Waals surface area contributed by atoms with Gasteiger partial charge in [-0.05, 0) is 17.5 Å². The number of H-pyrrole nitrogens is 1. The number of anilines is 1. The SMILES string of the molecule is CCCCOc1nc(N)c2[nH]cc(C(O)c3ccc(CN4CC(OC)C4)cc3)c2n1. The number of nitrogen functional groups attached to an aromatic ring is 1. The molecular formula is C22H29N5O3. The Bertz CT molecular complexity index is 982. The number of aromatic nitrogens is 3. The molecule has 8 nitrogen and oxygen atoms in total. The summed E-state index contributed by atoms with van der Waals surface area (Å²) in [4.78, 5) is 14.1. The first kappa shape index (κ1) is 20.6. The summed E-state index contributed by atoms with van der Waals surface area (Å²) in [5.74, 6) is 0.309. The predicted octanol–water partition coefficient (Wildman–Crippen LogP) is 2.63. The summed E-state index contributed by atoms with van der Waals surface area (Å²) in [5.41, 5.74) is 9.90. The minimum atomic E-state index is -0.826. The van der Waals surface area contributed by atoms with Crippen LogP contribution in [0.5, 0.6) is 6.01 Å². The lowest BCUT2D eigenvalue weighted by atomic mass is 10.0. The summed E-state index contributed by atoms with van der Waals surface area (Å²) in [6.07, 6.45) is 3.19. The number of methoxy groups -OCH3 is 1. The van der Waals surface area contributed by atoms with E-state index in [9.17, 15) is 5.11 Å². The number of fused-ring (bicyclic) bond motifs is 1. The summed E-state index contributed by atoms with van der Waals surface area (Å²) in [7, 11) is 1.75. The zero-order valence-electron chi connectivity index (χ0n) is 17.5. The largest absolute Gasteiger partial charge is 0.463 e. The van der Waals surface area contributed by atoms with Crippen LogP contribution in [0.3, 0.4) is 0 Å². The molecule has 160 valence electrons. The Hall–Kier alpha value is -2.68. The number of unbranched alkanes of at least 4 members (excludes halogenated alkanes) is 1. The highest BCUT2D eigenvalue weighted by Gasteiger charge is 2.26. The van der Waals surface area contributed by atoms with E-state index in [0.717, 1.165) is 38.0 Å². The lowest BCUT2D eigenvalue weighted by molar-refractivity contribution is -0.0334. The van der Waals surface area contributed by atoms with E-state index in [1.807, 2.05) is 12.1 Å². The summed E-state index contributed by atoms with van der Waals surface area (Å²) in [6.45, 7) is 5.42. The van der Waals surface area contributed by atoms with Crippen LogP contribution in [-0.2, 0) is 11.3 Å². The molecule has 1 aliphatic heterocycles. The fourth-order valence-corrected chi connectivity index (χ4v) is 3.65. The second kappa shape index (κ2) is 8.99. The molecule has 1 aromatic carbocycles. The Balaban J connectivity index is 1.50. The number of nitrogens with two attached hydrogens (primary N) is 1. The van der Waals surface area contributed by atoms with Crippen molar-refractivity contribution in [3.05, 3.63) is 47.2 Å². The van der Waals surface area contributed by atoms with Crippen LogP contribution >= 0.6 is 0 Å². The molecule has 0 radical (unpaired) electrons. The Labute approximate surface area is 176 Å². The smallest absolute Gasteiger partial charge is 0.319 e. The molecule has 1 atom stereocenters. The minimum absolute atomic E-state index is 0.237. The van der Waals surface area contributed by atoms with Gasteiger partial charge < -0.3 is 25.3 Å². The maximum absolute atomic E-state index is 11.0. The van der Waals surface area contributed by atoms with Crippen LogP contribution in [0.15, 0.2) is 30.5 Å². The van der Waals surface area contributed by atoms with Crippen LogP contribution in [0.2, 0.25) is 0 Å². The molecule has 3 heterocycles. The van der Waals surface area contributed by atoms with Gasteiger partial charge in [-0.2, -0.15) is 9.97 Å². The number of aliphatic hydroxyl groups excluding tert-OH is 1. The van der Waals surface area contributed by atoms with Crippen LogP contribution in [0.1, 0.15) is 42.6 Å². The molecule has 4 N–H and O–H groups in total. The van der Waals surface area contributed by atoms with Gasteiger partial charge in [-0.3, -0.25) is 4.90 Å². The van der Waals surface area contributed by atoms with Crippen LogP contribution in [0.4, 0.5) is 5.82 Å². The number of nitrogens with zero attached hydrogens (tertiary/aromatic N) is 3. The molecule has 0 amide bonds. The molecule has 3 aromatic rings. The van der Waals surface area contributed by atoms with Gasteiger partial charge in [0.05, 0.1) is 12.7 Å². The highest BCUT2D eigenvalue weighted by Crippen LogP contribution is 2.31. The van der Waals surface area contributed by atoms with E-state index >= 15 is 0 Å². The van der Waals surface area contributed by atoms with Gasteiger partial charge in [-0.15, -0.1) is 0 Å². The number of nitrogens with one attached hydrogen (secondary N) is 1. The average Bonchev–Trinajstić information content (AvgIpc) is 3.15. The van der Waals surface area contributed by atoms with Crippen LogP contribution < -0.4 is 10.5 Å². The zero-order chi connectivity index (χ0) is 21.1. The number of ether oxygens (including phenoxy) is 2. The first-order chi connectivity index (χ1) is 14.6. The lowest BCUT2D eigenvalue weighted by Gasteiger charge is -2.38. The molecular weight excluding hydrogens is 382 g/mol. The molecule has 1 aliphatic rings. The van der Waals surface area contributed by atoms with Crippen molar-refractivity contribution in [3.63, 3.8) is 0 Å². The number of aliphatic hydroxyl groups is 1. The van der Waals surface area contributed by atoms with Gasteiger partial charge in [-0.1, -0.05) is 37.6 Å². The van der Waals surface area contributed by atoms with Gasteiger partial charge in [0.25, 0.3) is 0 Å². The third-order valence-corrected chi connectivity index (χ3v) is 5.54. The first-order valence-electron chi connectivity index (χ1n) is 10.4. The molecule has 1 unspecified atom stereocenters. The van der Waals surface area contributed by atoms with E-state index in [4.69, 9.17) is 15.2 Å². The van der Waals surface area contributed by atoms with Crippen molar-refractivity contribution in [1.29, 1.82) is 0 Å². The fourth-order valence-electron chi connectivity index (χ4n) is 3.65. The molecule has 0 saturated carbocycles. The number of aromatic amines is 1. The average molecular weight is 412 g/mol. The van der Waals surface area contributed by atoms with Gasteiger partial charge >= 0.3 is 6.01 Å². The fraction of sp³-hybridized carbons (Fsp3) is 0.455. The second-order valence-corrected chi connectivity index (χ2v) is 7.76. The molecule has 1 saturated heterocycles. The van der Waals surface area contributed by atoms with Crippen LogP contribution in [0, 0.1) is 0 Å². The molecule has 8 heteroatoms. The van der Waals surface area contributed by atoms with Gasteiger partial charge in [-0.25, -0.2) is 0 Å². The standard InChI is InChI=1S/C22H29N5O3/c1-3-4-9-30-22-25-18-17(10-24-19(18)21(23)26-22)20(28)15-7-5-14(6-8-15)11-27-12-16(13-27)29-2/h5-8,10,16,20,24,28H,3-4,9,11-13H2,1-2H3,(H2,23,25,26). The van der Waals surface area contributed by atoms with E-state index in [1.54, 1.807) is 13.3 Å². The first-order valence-corrected chi connectivity index (χ1v) is 10.4. The van der Waals surface area contributed by atoms with Crippen LogP contribution in [-0.4, -0.2) is 57.9 Å². The number of hydrogen-bond acceptors (Lipinski definition) is 7. The maximum Gasteiger partial charge on any atom is 0.319 e. The Morgan fingerprint density at radius 1 is 1.27 bits per heavy atom. The molecule has 0 spiro atoms. The summed E-state index contributed by atoms with van der Waals surface area (Å²) in [6, 6.07) is 8.25. The molecule has 1 fully saturated rings. The van der Waals surface area contributed by atoms with Crippen molar-refractivity contribution >= 4 is 16.9 Å². The molecule has 30 heavy (non-hydrogen) atoms. The van der Waals surface area contributed by atoms with Crippen molar-refractivity contribution < 1.29 is 14.6 Å². The zero-order valence-corrected chi connectivity index (χ0v) is 17.5. The Kier molecular flexibility index (Phi) is 6.17. The minimum Gasteiger partial charge on any atom is -0.463 e. The van der Waals surface area contributed by atoms with Crippen molar-refractivity contribution in [2.45, 2.75) is 38.5 Å². The van der Waals surface area contributed by atoms with E-state index in [1.165, 1.54) is 5.56 Å². The summed E-state index contributed by atoms with van der Waals surface area (Å²) < 4.78 is 10.9. The molecule has 0 aliphatic carbocycles. The maximum atomic E-state index is 11.0. The highest BCUT2D eigenvalue weighted by atomic mass is 16.5. The lowest BCUT2D eigenvalue weighted by Crippen LogP contribution is -2.50. The van der Waals surface area contributed by atoms with Crippen LogP contribution in [0.25, 0.3) is 11.0 Å². The predicted molar refractivity (Wildman–Crippen MR) is 115 cm³/mol. The third-order valence-electron chi connectivity index (χ3n) is 5.54. The van der Waals surface area contributed by atoms with E-state index in [2.05, 4.69) is 38.9 Å². The van der Waals surface area contributed by atoms with E-state index in [-0.39, 0.29) is 6.01 Å². The molecule has 2 aromatic heterocycles. The van der Waals surface area contributed by atoms with Gasteiger partial charge in [0.2, 0.25) is 0 Å². The topological polar surface area (TPSA) is 110 Å². The van der Waals surface area contributed by atoms with Crippen molar-refractivity contribution in [1.82, 2.24) is 19.9 Å². The van der Waals surface area contributed by atoms with E-state index in [0.29, 0.717) is 35.1 Å². The normalized spacial score (nSPS) is 16.0. The molecule has 0 bridgehead atoms. The second-order valence-electron chi connectivity index (χ2n) is 7.76. The number of rotatable bonds is 9. The molecule has 4 rings (SSSR count). The van der Waals surface area contributed by atoms with E-state index < -0.39 is 6.10 Å². The summed E-state index contributed by atoms with van der Waals surface area (Å²) >= 11 is 0. The Morgan fingerprint density at radius 2 is 2.03 bits per heavy atom. The van der Waals surface area contributed by atoms with Crippen molar-refractivity contribution in [2.75, 3.05) is 32.5 Å². The van der Waals surface area contributed by atoms with Gasteiger partial charge in [0, 0.05) is 38.5 Å².